The summed E-state index contributed by atoms with van der Waals surface area (Å²) in [4.78, 5) is 17.1. The maximum Gasteiger partial charge on any atom is 0.243 e. The normalized spacial score (nSPS) is 15.8. The maximum absolute atomic E-state index is 12.7. The summed E-state index contributed by atoms with van der Waals surface area (Å²) in [6.07, 6.45) is 2.50. The molecule has 1 N–H and O–H groups in total. The molecule has 1 aromatic carbocycles. The van der Waals surface area contributed by atoms with Crippen LogP contribution in [0, 0.1) is 5.92 Å². The summed E-state index contributed by atoms with van der Waals surface area (Å²) in [5, 5.41) is 2.86. The van der Waals surface area contributed by atoms with E-state index >= 15 is 0 Å². The van der Waals surface area contributed by atoms with Crippen molar-refractivity contribution < 1.29 is 22.7 Å². The molecule has 0 saturated carbocycles. The van der Waals surface area contributed by atoms with Gasteiger partial charge in [-0.05, 0) is 37.1 Å². The minimum absolute atomic E-state index is 0.161. The van der Waals surface area contributed by atoms with Crippen LogP contribution in [0.2, 0.25) is 0 Å². The van der Waals surface area contributed by atoms with E-state index in [0.717, 1.165) is 0 Å². The molecule has 2 heterocycles. The molecule has 8 nitrogen and oxygen atoms in total. The number of rotatable bonds is 8. The van der Waals surface area contributed by atoms with E-state index in [0.29, 0.717) is 50.7 Å². The second-order valence-corrected chi connectivity index (χ2v) is 8.62. The first-order valence-corrected chi connectivity index (χ1v) is 10.9. The fourth-order valence-corrected chi connectivity index (χ4v) is 4.65. The van der Waals surface area contributed by atoms with Crippen LogP contribution in [-0.4, -0.2) is 57.0 Å². The highest BCUT2D eigenvalue weighted by Crippen LogP contribution is 2.26. The zero-order valence-corrected chi connectivity index (χ0v) is 17.1. The zero-order chi connectivity index (χ0) is 20.7. The van der Waals surface area contributed by atoms with Gasteiger partial charge in [0.05, 0.1) is 11.5 Å². The Hall–Kier alpha value is -2.49. The monoisotopic (exact) mass is 419 g/mol. The van der Waals surface area contributed by atoms with Crippen molar-refractivity contribution in [2.24, 2.45) is 5.92 Å². The van der Waals surface area contributed by atoms with Gasteiger partial charge in [0.2, 0.25) is 21.8 Å². The van der Waals surface area contributed by atoms with Gasteiger partial charge in [-0.25, -0.2) is 13.4 Å². The predicted octanol–water partition coefficient (Wildman–Crippen LogP) is 2.15. The first-order chi connectivity index (χ1) is 14.0. The smallest absolute Gasteiger partial charge is 0.243 e. The van der Waals surface area contributed by atoms with Crippen molar-refractivity contribution in [1.82, 2.24) is 9.29 Å². The molecule has 3 rings (SSSR count). The fourth-order valence-electron chi connectivity index (χ4n) is 3.16. The van der Waals surface area contributed by atoms with Gasteiger partial charge in [0, 0.05) is 32.3 Å². The number of hydrogen-bond acceptors (Lipinski definition) is 6. The van der Waals surface area contributed by atoms with Gasteiger partial charge in [-0.1, -0.05) is 18.2 Å². The SMILES string of the molecule is COCCOc1ncccc1NC(=O)C1CCN(S(=O)(=O)c2ccccc2)CC1. The third-order valence-electron chi connectivity index (χ3n) is 4.76. The summed E-state index contributed by atoms with van der Waals surface area (Å²) in [6, 6.07) is 11.8. The number of methoxy groups -OCH3 is 1. The van der Waals surface area contributed by atoms with E-state index < -0.39 is 10.0 Å². The maximum atomic E-state index is 12.7. The lowest BCUT2D eigenvalue weighted by Crippen LogP contribution is -2.41. The lowest BCUT2D eigenvalue weighted by molar-refractivity contribution is -0.120. The predicted molar refractivity (Wildman–Crippen MR) is 108 cm³/mol. The molecule has 1 saturated heterocycles. The van der Waals surface area contributed by atoms with Crippen LogP contribution in [-0.2, 0) is 19.6 Å². The van der Waals surface area contributed by atoms with E-state index in [1.54, 1.807) is 55.8 Å². The van der Waals surface area contributed by atoms with Gasteiger partial charge in [0.15, 0.2) is 0 Å². The Bertz CT molecular complexity index is 913. The Morgan fingerprint density at radius 3 is 2.55 bits per heavy atom. The Kier molecular flexibility index (Phi) is 7.18. The summed E-state index contributed by atoms with van der Waals surface area (Å²) < 4.78 is 37.4. The van der Waals surface area contributed by atoms with Crippen molar-refractivity contribution in [2.75, 3.05) is 38.7 Å². The third kappa shape index (κ3) is 5.31. The van der Waals surface area contributed by atoms with Crippen LogP contribution in [0.25, 0.3) is 0 Å². The van der Waals surface area contributed by atoms with Gasteiger partial charge < -0.3 is 14.8 Å². The molecule has 1 aliphatic heterocycles. The topological polar surface area (TPSA) is 97.8 Å². The number of aromatic nitrogens is 1. The van der Waals surface area contributed by atoms with Crippen molar-refractivity contribution in [3.8, 4) is 5.88 Å². The number of carbonyl (C=O) groups is 1. The number of nitrogens with zero attached hydrogens (tertiary/aromatic N) is 2. The highest BCUT2D eigenvalue weighted by atomic mass is 32.2. The number of pyridine rings is 1. The van der Waals surface area contributed by atoms with E-state index in [-0.39, 0.29) is 16.7 Å². The molecule has 0 bridgehead atoms. The van der Waals surface area contributed by atoms with Crippen LogP contribution < -0.4 is 10.1 Å². The van der Waals surface area contributed by atoms with Crippen LogP contribution in [0.4, 0.5) is 5.69 Å². The van der Waals surface area contributed by atoms with E-state index in [9.17, 15) is 13.2 Å². The van der Waals surface area contributed by atoms with Gasteiger partial charge in [-0.2, -0.15) is 4.31 Å². The van der Waals surface area contributed by atoms with Gasteiger partial charge in [-0.15, -0.1) is 0 Å². The van der Waals surface area contributed by atoms with Crippen molar-refractivity contribution >= 4 is 21.6 Å². The second-order valence-electron chi connectivity index (χ2n) is 6.68. The number of sulfonamides is 1. The summed E-state index contributed by atoms with van der Waals surface area (Å²) in [7, 11) is -1.95. The zero-order valence-electron chi connectivity index (χ0n) is 16.3. The minimum atomic E-state index is -3.53. The Morgan fingerprint density at radius 2 is 1.86 bits per heavy atom. The van der Waals surface area contributed by atoms with Crippen LogP contribution in [0.1, 0.15) is 12.8 Å². The molecule has 0 spiro atoms. The van der Waals surface area contributed by atoms with Crippen LogP contribution >= 0.6 is 0 Å². The second kappa shape index (κ2) is 9.82. The number of anilines is 1. The number of carbonyl (C=O) groups excluding carboxylic acids is 1. The van der Waals surface area contributed by atoms with Gasteiger partial charge >= 0.3 is 0 Å². The number of piperidine rings is 1. The van der Waals surface area contributed by atoms with Crippen molar-refractivity contribution in [3.63, 3.8) is 0 Å². The Labute approximate surface area is 170 Å². The Morgan fingerprint density at radius 1 is 1.14 bits per heavy atom. The minimum Gasteiger partial charge on any atom is -0.474 e. The van der Waals surface area contributed by atoms with Crippen LogP contribution in [0.3, 0.4) is 0 Å². The van der Waals surface area contributed by atoms with Crippen molar-refractivity contribution in [2.45, 2.75) is 17.7 Å². The molecule has 2 aromatic rings. The molecule has 1 amide bonds. The average molecular weight is 420 g/mol. The molecule has 1 fully saturated rings. The molecule has 0 unspecified atom stereocenters. The molecule has 9 heteroatoms. The fraction of sp³-hybridized carbons (Fsp3) is 0.400. The third-order valence-corrected chi connectivity index (χ3v) is 6.67. The largest absolute Gasteiger partial charge is 0.474 e. The highest BCUT2D eigenvalue weighted by Gasteiger charge is 2.32. The van der Waals surface area contributed by atoms with Crippen molar-refractivity contribution in [1.29, 1.82) is 0 Å². The molecule has 1 aliphatic rings. The van der Waals surface area contributed by atoms with Crippen LogP contribution in [0.5, 0.6) is 5.88 Å². The first kappa shape index (κ1) is 21.2. The quantitative estimate of drug-likeness (QED) is 0.659. The summed E-state index contributed by atoms with van der Waals surface area (Å²) >= 11 is 0. The summed E-state index contributed by atoms with van der Waals surface area (Å²) in [5.74, 6) is -0.0994. The number of hydrogen-bond donors (Lipinski definition) is 1. The summed E-state index contributed by atoms with van der Waals surface area (Å²) in [6.45, 7) is 1.35. The number of ether oxygens (including phenoxy) is 2. The lowest BCUT2D eigenvalue weighted by atomic mass is 9.97. The molecule has 156 valence electrons. The van der Waals surface area contributed by atoms with Gasteiger partial charge in [-0.3, -0.25) is 4.79 Å². The standard InChI is InChI=1S/C20H25N3O5S/c1-27-14-15-28-20-18(8-5-11-21-20)22-19(24)16-9-12-23(13-10-16)29(25,26)17-6-3-2-4-7-17/h2-8,11,16H,9-10,12-15H2,1H3,(H,22,24). The molecular weight excluding hydrogens is 394 g/mol. The molecule has 0 radical (unpaired) electrons. The summed E-state index contributed by atoms with van der Waals surface area (Å²) in [5.41, 5.74) is 0.493. The molecule has 0 aliphatic carbocycles. The molecule has 29 heavy (non-hydrogen) atoms. The molecule has 0 atom stereocenters. The average Bonchev–Trinajstić information content (AvgIpc) is 2.76. The number of amides is 1. The van der Waals surface area contributed by atoms with Gasteiger partial charge in [0.25, 0.3) is 0 Å². The van der Waals surface area contributed by atoms with E-state index in [2.05, 4.69) is 10.3 Å². The van der Waals surface area contributed by atoms with E-state index in [1.807, 2.05) is 0 Å². The lowest BCUT2D eigenvalue weighted by Gasteiger charge is -2.30. The molecule has 1 aromatic heterocycles. The highest BCUT2D eigenvalue weighted by molar-refractivity contribution is 7.89. The van der Waals surface area contributed by atoms with Crippen LogP contribution in [0.15, 0.2) is 53.6 Å². The van der Waals surface area contributed by atoms with Crippen molar-refractivity contribution in [3.05, 3.63) is 48.7 Å². The Balaban J connectivity index is 1.58. The number of benzene rings is 1. The molecular formula is C20H25N3O5S. The van der Waals surface area contributed by atoms with E-state index in [1.165, 1.54) is 4.31 Å². The van der Waals surface area contributed by atoms with E-state index in [4.69, 9.17) is 9.47 Å². The van der Waals surface area contributed by atoms with Gasteiger partial charge in [0.1, 0.15) is 12.3 Å². The number of nitrogens with one attached hydrogen (secondary N) is 1. The first-order valence-electron chi connectivity index (χ1n) is 9.45.